The number of hydrogen-bond donors (Lipinski definition) is 2. The van der Waals surface area contributed by atoms with E-state index in [0.717, 1.165) is 43.1 Å². The minimum atomic E-state index is -0.790. The van der Waals surface area contributed by atoms with E-state index < -0.39 is 5.97 Å². The molecule has 1 saturated carbocycles. The molecule has 5 aliphatic rings. The van der Waals surface area contributed by atoms with Gasteiger partial charge in [-0.3, -0.25) is 9.69 Å². The van der Waals surface area contributed by atoms with E-state index in [1.165, 1.54) is 11.1 Å². The third kappa shape index (κ3) is 2.25. The normalized spacial score (nSPS) is 38.1. The summed E-state index contributed by atoms with van der Waals surface area (Å²) in [6.45, 7) is 2.55. The maximum atomic E-state index is 11.7. The van der Waals surface area contributed by atoms with Gasteiger partial charge in [-0.15, -0.1) is 0 Å². The molecule has 6 atom stereocenters. The van der Waals surface area contributed by atoms with Crippen LogP contribution < -0.4 is 14.8 Å². The number of piperidine rings is 1. The van der Waals surface area contributed by atoms with Gasteiger partial charge >= 0.3 is 5.97 Å². The molecular weight excluding hydrogens is 384 g/mol. The summed E-state index contributed by atoms with van der Waals surface area (Å²) in [6.07, 6.45) is 4.11. The zero-order valence-electron chi connectivity index (χ0n) is 17.4. The molecule has 160 valence electrons. The number of nitrogens with zero attached hydrogens (tertiary/aromatic N) is 1. The van der Waals surface area contributed by atoms with Crippen LogP contribution >= 0.6 is 0 Å². The smallest absolute Gasteiger partial charge is 0.305 e. The lowest BCUT2D eigenvalue weighted by molar-refractivity contribution is -0.142. The molecule has 2 N–H and O–H groups in total. The Morgan fingerprint density at radius 3 is 2.90 bits per heavy atom. The van der Waals surface area contributed by atoms with Crippen molar-refractivity contribution in [3.8, 4) is 11.5 Å². The first-order chi connectivity index (χ1) is 14.6. The number of anilines is 1. The van der Waals surface area contributed by atoms with Crippen LogP contribution in [-0.2, 0) is 14.9 Å². The van der Waals surface area contributed by atoms with Crippen LogP contribution in [0.15, 0.2) is 23.8 Å². The van der Waals surface area contributed by atoms with Crippen molar-refractivity contribution in [3.05, 3.63) is 29.3 Å². The second kappa shape index (κ2) is 6.37. The predicted octanol–water partition coefficient (Wildman–Crippen LogP) is 2.26. The van der Waals surface area contributed by atoms with Crippen LogP contribution in [0.25, 0.3) is 0 Å². The Hall–Kier alpha value is -2.25. The van der Waals surface area contributed by atoms with Crippen LogP contribution in [0.3, 0.4) is 0 Å². The van der Waals surface area contributed by atoms with Gasteiger partial charge in [-0.05, 0) is 36.9 Å². The molecule has 0 unspecified atom stereocenters. The third-order valence-electron chi connectivity index (χ3n) is 8.39. The monoisotopic (exact) mass is 412 g/mol. The van der Waals surface area contributed by atoms with E-state index in [-0.39, 0.29) is 29.9 Å². The fourth-order valence-electron chi connectivity index (χ4n) is 7.32. The van der Waals surface area contributed by atoms with Gasteiger partial charge in [-0.25, -0.2) is 0 Å². The average Bonchev–Trinajstić information content (AvgIpc) is 3.21. The largest absolute Gasteiger partial charge is 0.493 e. The fraction of sp³-hybridized carbons (Fsp3) is 0.609. The SMILES string of the molecule is COc1cc2c(cc1OC)[C@@]13CCN4CC5=CCO[C@@H](CC(=O)O)[C@@H]([C@H]5C[C@@H]41)[C@@H]3N2. The molecular formula is C23H28N2O5. The van der Waals surface area contributed by atoms with Crippen molar-refractivity contribution < 1.29 is 24.1 Å². The summed E-state index contributed by atoms with van der Waals surface area (Å²) in [7, 11) is 3.34. The third-order valence-corrected chi connectivity index (χ3v) is 8.39. The van der Waals surface area contributed by atoms with E-state index in [1.807, 2.05) is 6.07 Å². The van der Waals surface area contributed by atoms with Gasteiger partial charge in [0.25, 0.3) is 0 Å². The highest BCUT2D eigenvalue weighted by molar-refractivity contribution is 5.71. The Kier molecular flexibility index (Phi) is 3.93. The van der Waals surface area contributed by atoms with Crippen molar-refractivity contribution in [2.75, 3.05) is 39.2 Å². The number of methoxy groups -OCH3 is 2. The van der Waals surface area contributed by atoms with Gasteiger partial charge in [0.15, 0.2) is 11.5 Å². The standard InChI is InChI=1S/C23H28N2O5/c1-28-16-8-14-15(9-17(16)29-2)24-22-21-13-7-19-23(14,22)4-5-25(19)11-12(13)3-6-30-18(21)10-20(26)27/h3,8-9,13,18-19,21-22,24H,4-7,10-11H2,1-2H3,(H,26,27)/t13-,18-,19+,21+,22-,23-/m0/s1. The molecule has 7 nitrogen and oxygen atoms in total. The molecule has 2 saturated heterocycles. The second-order valence-corrected chi connectivity index (χ2v) is 9.32. The lowest BCUT2D eigenvalue weighted by Crippen LogP contribution is -2.64. The molecule has 0 aromatic heterocycles. The molecule has 2 bridgehead atoms. The van der Waals surface area contributed by atoms with Gasteiger partial charge in [0.2, 0.25) is 0 Å². The zero-order chi connectivity index (χ0) is 20.6. The maximum Gasteiger partial charge on any atom is 0.305 e. The Morgan fingerprint density at radius 2 is 2.13 bits per heavy atom. The maximum absolute atomic E-state index is 11.7. The minimum Gasteiger partial charge on any atom is -0.493 e. The number of aliphatic carboxylic acids is 1. The van der Waals surface area contributed by atoms with Crippen LogP contribution in [0.1, 0.15) is 24.8 Å². The number of carboxylic acid groups (broad SMARTS) is 1. The Labute approximate surface area is 176 Å². The summed E-state index contributed by atoms with van der Waals surface area (Å²) in [4.78, 5) is 14.3. The first-order valence-corrected chi connectivity index (χ1v) is 10.9. The number of benzene rings is 1. The number of fused-ring (bicyclic) bond motifs is 2. The molecule has 4 aliphatic heterocycles. The van der Waals surface area contributed by atoms with Crippen molar-refractivity contribution in [2.24, 2.45) is 11.8 Å². The van der Waals surface area contributed by atoms with Gasteiger partial charge in [0, 0.05) is 41.7 Å². The number of hydrogen-bond acceptors (Lipinski definition) is 6. The quantitative estimate of drug-likeness (QED) is 0.735. The van der Waals surface area contributed by atoms with E-state index in [9.17, 15) is 9.90 Å². The van der Waals surface area contributed by atoms with Crippen LogP contribution in [0, 0.1) is 11.8 Å². The van der Waals surface area contributed by atoms with Crippen LogP contribution in [-0.4, -0.2) is 68.1 Å². The lowest BCUT2D eigenvalue weighted by atomic mass is 9.54. The molecule has 1 aliphatic carbocycles. The summed E-state index contributed by atoms with van der Waals surface area (Å²) >= 11 is 0. The molecule has 30 heavy (non-hydrogen) atoms. The highest BCUT2D eigenvalue weighted by atomic mass is 16.5. The van der Waals surface area contributed by atoms with Crippen molar-refractivity contribution >= 4 is 11.7 Å². The van der Waals surface area contributed by atoms with Crippen LogP contribution in [0.5, 0.6) is 11.5 Å². The highest BCUT2D eigenvalue weighted by Gasteiger charge is 2.67. The van der Waals surface area contributed by atoms with E-state index in [4.69, 9.17) is 14.2 Å². The van der Waals surface area contributed by atoms with Crippen molar-refractivity contribution in [3.63, 3.8) is 0 Å². The number of carboxylic acids is 1. The van der Waals surface area contributed by atoms with Crippen molar-refractivity contribution in [2.45, 2.75) is 42.9 Å². The fourth-order valence-corrected chi connectivity index (χ4v) is 7.32. The average molecular weight is 412 g/mol. The van der Waals surface area contributed by atoms with Crippen LogP contribution in [0.4, 0.5) is 5.69 Å². The molecule has 0 amide bonds. The molecule has 0 radical (unpaired) electrons. The molecule has 4 heterocycles. The molecule has 7 heteroatoms. The Bertz CT molecular complexity index is 946. The number of carbonyl (C=O) groups is 1. The highest BCUT2D eigenvalue weighted by Crippen LogP contribution is 2.63. The van der Waals surface area contributed by atoms with Gasteiger partial charge in [0.1, 0.15) is 0 Å². The number of rotatable bonds is 4. The summed E-state index contributed by atoms with van der Waals surface area (Å²) in [5.74, 6) is 1.19. The number of ether oxygens (including phenoxy) is 3. The van der Waals surface area contributed by atoms with Gasteiger partial charge in [0.05, 0.1) is 33.4 Å². The first-order valence-electron chi connectivity index (χ1n) is 10.9. The molecule has 6 rings (SSSR count). The van der Waals surface area contributed by atoms with Gasteiger partial charge < -0.3 is 24.6 Å². The predicted molar refractivity (Wildman–Crippen MR) is 110 cm³/mol. The van der Waals surface area contributed by atoms with E-state index in [2.05, 4.69) is 22.4 Å². The van der Waals surface area contributed by atoms with E-state index in [1.54, 1.807) is 14.2 Å². The Balaban J connectivity index is 1.52. The number of nitrogens with one attached hydrogen (secondary N) is 1. The van der Waals surface area contributed by atoms with Crippen LogP contribution in [0.2, 0.25) is 0 Å². The second-order valence-electron chi connectivity index (χ2n) is 9.32. The van der Waals surface area contributed by atoms with E-state index in [0.29, 0.717) is 18.6 Å². The molecule has 3 fully saturated rings. The Morgan fingerprint density at radius 1 is 1.33 bits per heavy atom. The summed E-state index contributed by atoms with van der Waals surface area (Å²) in [6, 6.07) is 4.80. The molecule has 1 aromatic carbocycles. The summed E-state index contributed by atoms with van der Waals surface area (Å²) in [5.41, 5.74) is 3.77. The minimum absolute atomic E-state index is 0.0495. The lowest BCUT2D eigenvalue weighted by Gasteiger charge is -2.55. The van der Waals surface area contributed by atoms with Gasteiger partial charge in [-0.2, -0.15) is 0 Å². The first kappa shape index (κ1) is 18.5. The topological polar surface area (TPSA) is 80.3 Å². The van der Waals surface area contributed by atoms with Crippen molar-refractivity contribution in [1.29, 1.82) is 0 Å². The summed E-state index contributed by atoms with van der Waals surface area (Å²) in [5, 5.41) is 13.4. The zero-order valence-corrected chi connectivity index (χ0v) is 17.4. The van der Waals surface area contributed by atoms with E-state index >= 15 is 0 Å². The summed E-state index contributed by atoms with van der Waals surface area (Å²) < 4.78 is 17.4. The molecule has 1 spiro atoms. The molecule has 1 aromatic rings. The van der Waals surface area contributed by atoms with Crippen molar-refractivity contribution in [1.82, 2.24) is 4.90 Å². The van der Waals surface area contributed by atoms with Gasteiger partial charge in [-0.1, -0.05) is 11.6 Å².